The number of carbonyl (C=O) groups excluding carboxylic acids is 1. The fourth-order valence-corrected chi connectivity index (χ4v) is 3.43. The van der Waals surface area contributed by atoms with Gasteiger partial charge in [0.05, 0.1) is 23.8 Å². The van der Waals surface area contributed by atoms with Gasteiger partial charge >= 0.3 is 5.97 Å². The molecule has 0 saturated carbocycles. The zero-order valence-corrected chi connectivity index (χ0v) is 12.2. The highest BCUT2D eigenvalue weighted by molar-refractivity contribution is 7.98. The van der Waals surface area contributed by atoms with E-state index in [1.54, 1.807) is 12.2 Å². The molecule has 1 aromatic carbocycles. The average Bonchev–Trinajstić information content (AvgIpc) is 3.08. The van der Waals surface area contributed by atoms with Crippen molar-refractivity contribution in [2.24, 2.45) is 11.8 Å². The summed E-state index contributed by atoms with van der Waals surface area (Å²) in [5.41, 5.74) is 0.700. The monoisotopic (exact) mass is 305 g/mol. The fraction of sp³-hybridized carbons (Fsp3) is 0.333. The van der Waals surface area contributed by atoms with E-state index in [-0.39, 0.29) is 5.91 Å². The fourth-order valence-electron chi connectivity index (χ4n) is 2.88. The van der Waals surface area contributed by atoms with Crippen molar-refractivity contribution in [1.82, 2.24) is 0 Å². The maximum atomic E-state index is 12.5. The van der Waals surface area contributed by atoms with Crippen LogP contribution in [0.15, 0.2) is 41.3 Å². The second kappa shape index (κ2) is 5.54. The number of carboxylic acid groups (broad SMARTS) is 1. The van der Waals surface area contributed by atoms with Crippen LogP contribution in [-0.4, -0.2) is 35.4 Å². The molecule has 1 fully saturated rings. The molecule has 0 radical (unpaired) electrons. The Morgan fingerprint density at radius 2 is 1.86 bits per heavy atom. The van der Waals surface area contributed by atoms with Gasteiger partial charge in [-0.15, -0.1) is 11.8 Å². The molecule has 2 heterocycles. The van der Waals surface area contributed by atoms with Gasteiger partial charge in [-0.1, -0.05) is 24.3 Å². The Bertz CT molecular complexity index is 615. The van der Waals surface area contributed by atoms with Crippen LogP contribution in [0.5, 0.6) is 0 Å². The normalized spacial score (nSPS) is 29.6. The molecular weight excluding hydrogens is 290 g/mol. The first-order valence-corrected chi connectivity index (χ1v) is 7.85. The minimum atomic E-state index is -0.995. The number of hydrogen-bond acceptors (Lipinski definition) is 4. The van der Waals surface area contributed by atoms with E-state index in [1.807, 2.05) is 30.5 Å². The number of carboxylic acids is 1. The largest absolute Gasteiger partial charge is 0.481 e. The summed E-state index contributed by atoms with van der Waals surface area (Å²) in [6, 6.07) is 7.45. The van der Waals surface area contributed by atoms with Crippen LogP contribution in [-0.2, 0) is 14.3 Å². The van der Waals surface area contributed by atoms with Crippen LogP contribution in [0.3, 0.4) is 0 Å². The number of carbonyl (C=O) groups is 2. The Morgan fingerprint density at radius 3 is 2.52 bits per heavy atom. The molecule has 110 valence electrons. The predicted octanol–water partition coefficient (Wildman–Crippen LogP) is 2.00. The SMILES string of the molecule is CSc1ccccc1NC(=O)[C@H]1[C@@H](C(=O)O)[C@H]2C=C[C@@H]1O2. The number of hydrogen-bond donors (Lipinski definition) is 2. The number of aliphatic carboxylic acids is 1. The van der Waals surface area contributed by atoms with Crippen molar-refractivity contribution < 1.29 is 19.4 Å². The molecule has 5 nitrogen and oxygen atoms in total. The molecule has 0 aromatic heterocycles. The quantitative estimate of drug-likeness (QED) is 0.657. The minimum absolute atomic E-state index is 0.305. The first kappa shape index (κ1) is 14.2. The van der Waals surface area contributed by atoms with E-state index in [0.29, 0.717) is 5.69 Å². The molecular formula is C15H15NO4S. The maximum Gasteiger partial charge on any atom is 0.310 e. The van der Waals surface area contributed by atoms with E-state index in [0.717, 1.165) is 4.90 Å². The number of para-hydroxylation sites is 1. The number of fused-ring (bicyclic) bond motifs is 2. The highest BCUT2D eigenvalue weighted by Crippen LogP contribution is 2.40. The van der Waals surface area contributed by atoms with Crippen LogP contribution in [0.1, 0.15) is 0 Å². The standard InChI is InChI=1S/C15H15NO4S/c1-21-11-5-3-2-4-8(11)16-14(17)12-9-6-7-10(20-9)13(12)15(18)19/h2-7,9-10,12-13H,1H3,(H,16,17)(H,18,19)/t9-,10+,12+,13-/m0/s1. The number of ether oxygens (including phenoxy) is 1. The summed E-state index contributed by atoms with van der Waals surface area (Å²) in [5, 5.41) is 12.2. The Hall–Kier alpha value is -1.79. The molecule has 0 aliphatic carbocycles. The molecule has 21 heavy (non-hydrogen) atoms. The lowest BCUT2D eigenvalue weighted by molar-refractivity contribution is -0.145. The van der Waals surface area contributed by atoms with Crippen molar-refractivity contribution >= 4 is 29.3 Å². The van der Waals surface area contributed by atoms with E-state index >= 15 is 0 Å². The van der Waals surface area contributed by atoms with Crippen LogP contribution in [0.4, 0.5) is 5.69 Å². The summed E-state index contributed by atoms with van der Waals surface area (Å²) in [6.07, 6.45) is 4.48. The minimum Gasteiger partial charge on any atom is -0.481 e. The Morgan fingerprint density at radius 1 is 1.19 bits per heavy atom. The summed E-state index contributed by atoms with van der Waals surface area (Å²) < 4.78 is 5.52. The number of amides is 1. The predicted molar refractivity (Wildman–Crippen MR) is 79.3 cm³/mol. The Kier molecular flexibility index (Phi) is 3.73. The van der Waals surface area contributed by atoms with Gasteiger partial charge in [0, 0.05) is 4.90 Å². The summed E-state index contributed by atoms with van der Waals surface area (Å²) in [5.74, 6) is -2.81. The van der Waals surface area contributed by atoms with Gasteiger partial charge in [0.1, 0.15) is 5.92 Å². The van der Waals surface area contributed by atoms with Crippen LogP contribution in [0.25, 0.3) is 0 Å². The van der Waals surface area contributed by atoms with Crippen LogP contribution < -0.4 is 5.32 Å². The maximum absolute atomic E-state index is 12.5. The lowest BCUT2D eigenvalue weighted by atomic mass is 9.82. The van der Waals surface area contributed by atoms with Gasteiger partial charge in [0.15, 0.2) is 0 Å². The molecule has 1 aromatic rings. The van der Waals surface area contributed by atoms with Crippen LogP contribution in [0.2, 0.25) is 0 Å². The number of nitrogens with one attached hydrogen (secondary N) is 1. The smallest absolute Gasteiger partial charge is 0.310 e. The van der Waals surface area contributed by atoms with Crippen molar-refractivity contribution in [3.05, 3.63) is 36.4 Å². The van der Waals surface area contributed by atoms with Crippen molar-refractivity contribution in [3.8, 4) is 0 Å². The molecule has 2 aliphatic heterocycles. The summed E-state index contributed by atoms with van der Waals surface area (Å²) in [7, 11) is 0. The number of anilines is 1. The van der Waals surface area contributed by atoms with Crippen molar-refractivity contribution in [1.29, 1.82) is 0 Å². The third-order valence-corrected chi connectivity index (χ3v) is 4.65. The van der Waals surface area contributed by atoms with Crippen LogP contribution in [0, 0.1) is 11.8 Å². The first-order valence-electron chi connectivity index (χ1n) is 6.62. The molecule has 6 heteroatoms. The van der Waals surface area contributed by atoms with E-state index in [2.05, 4.69) is 5.32 Å². The average molecular weight is 305 g/mol. The molecule has 3 rings (SSSR count). The third-order valence-electron chi connectivity index (χ3n) is 3.85. The summed E-state index contributed by atoms with van der Waals surface area (Å²) in [4.78, 5) is 24.8. The Balaban J connectivity index is 1.82. The molecule has 0 spiro atoms. The molecule has 2 bridgehead atoms. The molecule has 1 saturated heterocycles. The lowest BCUT2D eigenvalue weighted by Crippen LogP contribution is -2.39. The Labute approximate surface area is 126 Å². The number of thioether (sulfide) groups is 1. The zero-order chi connectivity index (χ0) is 15.0. The van der Waals surface area contributed by atoms with Crippen LogP contribution >= 0.6 is 11.8 Å². The highest BCUT2D eigenvalue weighted by Gasteiger charge is 2.53. The first-order chi connectivity index (χ1) is 10.1. The lowest BCUT2D eigenvalue weighted by Gasteiger charge is -2.21. The van der Waals surface area contributed by atoms with E-state index in [9.17, 15) is 14.7 Å². The topological polar surface area (TPSA) is 75.6 Å². The molecule has 1 amide bonds. The van der Waals surface area contributed by atoms with E-state index < -0.39 is 30.0 Å². The third kappa shape index (κ3) is 2.45. The van der Waals surface area contributed by atoms with Crippen molar-refractivity contribution in [2.75, 3.05) is 11.6 Å². The van der Waals surface area contributed by atoms with Crippen molar-refractivity contribution in [3.63, 3.8) is 0 Å². The van der Waals surface area contributed by atoms with Crippen molar-refractivity contribution in [2.45, 2.75) is 17.1 Å². The number of benzene rings is 1. The highest BCUT2D eigenvalue weighted by atomic mass is 32.2. The molecule has 2 aliphatic rings. The molecule has 0 unspecified atom stereocenters. The second-order valence-electron chi connectivity index (χ2n) is 5.03. The molecule has 4 atom stereocenters. The van der Waals surface area contributed by atoms with Gasteiger partial charge in [-0.3, -0.25) is 9.59 Å². The van der Waals surface area contributed by atoms with Gasteiger partial charge in [-0.2, -0.15) is 0 Å². The van der Waals surface area contributed by atoms with Gasteiger partial charge in [-0.05, 0) is 18.4 Å². The van der Waals surface area contributed by atoms with E-state index in [1.165, 1.54) is 11.8 Å². The van der Waals surface area contributed by atoms with Gasteiger partial charge in [-0.25, -0.2) is 0 Å². The van der Waals surface area contributed by atoms with Gasteiger partial charge in [0.25, 0.3) is 0 Å². The zero-order valence-electron chi connectivity index (χ0n) is 11.4. The van der Waals surface area contributed by atoms with E-state index in [4.69, 9.17) is 4.74 Å². The second-order valence-corrected chi connectivity index (χ2v) is 5.88. The van der Waals surface area contributed by atoms with Gasteiger partial charge in [0.2, 0.25) is 5.91 Å². The summed E-state index contributed by atoms with van der Waals surface area (Å²) in [6.45, 7) is 0. The van der Waals surface area contributed by atoms with Gasteiger partial charge < -0.3 is 15.2 Å². The molecule has 2 N–H and O–H groups in total. The number of rotatable bonds is 4. The summed E-state index contributed by atoms with van der Waals surface area (Å²) >= 11 is 1.53.